The smallest absolute Gasteiger partial charge is 0.292 e. The van der Waals surface area contributed by atoms with E-state index in [1.54, 1.807) is 48.5 Å². The first kappa shape index (κ1) is 20.0. The summed E-state index contributed by atoms with van der Waals surface area (Å²) in [6.07, 6.45) is 0. The summed E-state index contributed by atoms with van der Waals surface area (Å²) in [7, 11) is 0. The van der Waals surface area contributed by atoms with E-state index in [-0.39, 0.29) is 28.3 Å². The van der Waals surface area contributed by atoms with Crippen LogP contribution in [-0.4, -0.2) is 26.5 Å². The van der Waals surface area contributed by atoms with Crippen molar-refractivity contribution in [2.75, 3.05) is 0 Å². The third kappa shape index (κ3) is 3.91. The van der Waals surface area contributed by atoms with E-state index in [9.17, 15) is 19.1 Å². The number of para-hydroxylation sites is 1. The molecule has 0 bridgehead atoms. The zero-order valence-corrected chi connectivity index (χ0v) is 16.4. The van der Waals surface area contributed by atoms with Gasteiger partial charge in [0.2, 0.25) is 0 Å². The number of carbonyl (C=O) groups excluding carboxylic acids is 1. The van der Waals surface area contributed by atoms with Crippen LogP contribution in [0.15, 0.2) is 82.7 Å². The quantitative estimate of drug-likeness (QED) is 0.394. The van der Waals surface area contributed by atoms with Gasteiger partial charge in [0.05, 0.1) is 16.8 Å². The van der Waals surface area contributed by atoms with Crippen molar-refractivity contribution >= 4 is 22.4 Å². The van der Waals surface area contributed by atoms with E-state index in [1.807, 2.05) is 6.07 Å². The standard InChI is InChI=1S/C23H17FN4O3/c1-14(19-13-15(24)11-12-20(19)29)25-26-22(30)21-17-9-5-6-10-18(17)23(31)28(27-21)16-7-3-2-4-8-16/h2-13,29H,1H3,(H,26,30)/b25-14+. The second-order valence-electron chi connectivity index (χ2n) is 6.75. The van der Waals surface area contributed by atoms with E-state index >= 15 is 0 Å². The fraction of sp³-hybridized carbons (Fsp3) is 0.0435. The van der Waals surface area contributed by atoms with E-state index in [0.29, 0.717) is 16.5 Å². The summed E-state index contributed by atoms with van der Waals surface area (Å²) in [4.78, 5) is 25.8. The van der Waals surface area contributed by atoms with Crippen molar-refractivity contribution in [3.05, 3.63) is 100 Å². The summed E-state index contributed by atoms with van der Waals surface area (Å²) in [6, 6.07) is 18.8. The molecule has 31 heavy (non-hydrogen) atoms. The van der Waals surface area contributed by atoms with Crippen molar-refractivity contribution in [2.24, 2.45) is 5.10 Å². The van der Waals surface area contributed by atoms with Gasteiger partial charge in [0, 0.05) is 10.9 Å². The highest BCUT2D eigenvalue weighted by Gasteiger charge is 2.17. The van der Waals surface area contributed by atoms with E-state index < -0.39 is 11.7 Å². The molecule has 0 aliphatic carbocycles. The molecule has 0 aliphatic rings. The molecule has 154 valence electrons. The Labute approximate surface area is 176 Å². The molecular formula is C23H17FN4O3. The highest BCUT2D eigenvalue weighted by atomic mass is 19.1. The van der Waals surface area contributed by atoms with Crippen molar-refractivity contribution in [3.63, 3.8) is 0 Å². The lowest BCUT2D eigenvalue weighted by Gasteiger charge is -2.10. The number of rotatable bonds is 4. The number of aromatic hydroxyl groups is 1. The maximum atomic E-state index is 13.5. The van der Waals surface area contributed by atoms with Crippen LogP contribution < -0.4 is 11.0 Å². The number of amides is 1. The molecule has 0 fully saturated rings. The molecule has 4 aromatic rings. The summed E-state index contributed by atoms with van der Waals surface area (Å²) in [5.41, 5.74) is 2.87. The fourth-order valence-corrected chi connectivity index (χ4v) is 3.15. The van der Waals surface area contributed by atoms with Gasteiger partial charge in [-0.1, -0.05) is 36.4 Å². The predicted octanol–water partition coefficient (Wildman–Crippen LogP) is 3.38. The third-order valence-electron chi connectivity index (χ3n) is 4.69. The normalized spacial score (nSPS) is 11.5. The Morgan fingerprint density at radius 3 is 2.45 bits per heavy atom. The number of halogens is 1. The number of hydrogen-bond acceptors (Lipinski definition) is 5. The van der Waals surface area contributed by atoms with E-state index in [4.69, 9.17) is 0 Å². The van der Waals surface area contributed by atoms with Crippen LogP contribution in [0.3, 0.4) is 0 Å². The molecule has 2 N–H and O–H groups in total. The number of phenolic OH excluding ortho intramolecular Hbond substituents is 1. The van der Waals surface area contributed by atoms with Gasteiger partial charge in [-0.05, 0) is 43.3 Å². The number of fused-ring (bicyclic) bond motifs is 1. The minimum atomic E-state index is -0.656. The lowest BCUT2D eigenvalue weighted by molar-refractivity contribution is 0.0950. The topological polar surface area (TPSA) is 96.6 Å². The number of nitrogens with zero attached hydrogens (tertiary/aromatic N) is 3. The molecule has 8 heteroatoms. The van der Waals surface area contributed by atoms with Gasteiger partial charge >= 0.3 is 0 Å². The van der Waals surface area contributed by atoms with Crippen LogP contribution >= 0.6 is 0 Å². The Kier molecular flexibility index (Phi) is 5.28. The van der Waals surface area contributed by atoms with Gasteiger partial charge in [-0.15, -0.1) is 0 Å². The highest BCUT2D eigenvalue weighted by molar-refractivity contribution is 6.06. The van der Waals surface area contributed by atoms with Gasteiger partial charge in [-0.25, -0.2) is 9.82 Å². The van der Waals surface area contributed by atoms with Crippen molar-refractivity contribution in [1.29, 1.82) is 0 Å². The Bertz CT molecular complexity index is 1380. The van der Waals surface area contributed by atoms with Gasteiger partial charge in [0.25, 0.3) is 11.5 Å². The summed E-state index contributed by atoms with van der Waals surface area (Å²) < 4.78 is 14.7. The molecule has 0 radical (unpaired) electrons. The molecule has 1 aromatic heterocycles. The molecule has 0 atom stereocenters. The average molecular weight is 416 g/mol. The van der Waals surface area contributed by atoms with Crippen LogP contribution in [0.4, 0.5) is 4.39 Å². The predicted molar refractivity (Wildman–Crippen MR) is 115 cm³/mol. The van der Waals surface area contributed by atoms with E-state index in [1.165, 1.54) is 13.0 Å². The van der Waals surface area contributed by atoms with Crippen molar-refractivity contribution in [1.82, 2.24) is 15.2 Å². The minimum absolute atomic E-state index is 0.000864. The van der Waals surface area contributed by atoms with Crippen LogP contribution in [0.5, 0.6) is 5.75 Å². The summed E-state index contributed by atoms with van der Waals surface area (Å²) in [5.74, 6) is -1.37. The molecule has 0 saturated carbocycles. The van der Waals surface area contributed by atoms with E-state index in [0.717, 1.165) is 16.8 Å². The second kappa shape index (κ2) is 8.19. The first-order valence-electron chi connectivity index (χ1n) is 9.36. The Hall–Kier alpha value is -4.33. The van der Waals surface area contributed by atoms with Gasteiger partial charge in [-0.3, -0.25) is 9.59 Å². The Balaban J connectivity index is 1.77. The number of nitrogens with one attached hydrogen (secondary N) is 1. The molecule has 0 unspecified atom stereocenters. The van der Waals surface area contributed by atoms with Gasteiger partial charge in [-0.2, -0.15) is 14.9 Å². The van der Waals surface area contributed by atoms with Gasteiger partial charge < -0.3 is 5.11 Å². The summed E-state index contributed by atoms with van der Waals surface area (Å²) >= 11 is 0. The SMILES string of the molecule is C/C(=N\NC(=O)c1nn(-c2ccccc2)c(=O)c2ccccc12)c1cc(F)ccc1O. The number of benzene rings is 3. The molecule has 0 spiro atoms. The number of hydrogen-bond donors (Lipinski definition) is 2. The monoisotopic (exact) mass is 416 g/mol. The molecular weight excluding hydrogens is 399 g/mol. The number of hydrazone groups is 1. The Morgan fingerprint density at radius 2 is 1.71 bits per heavy atom. The highest BCUT2D eigenvalue weighted by Crippen LogP contribution is 2.19. The fourth-order valence-electron chi connectivity index (χ4n) is 3.15. The van der Waals surface area contributed by atoms with Gasteiger partial charge in [0.15, 0.2) is 5.69 Å². The van der Waals surface area contributed by atoms with Crippen LogP contribution in [0.2, 0.25) is 0 Å². The number of carbonyl (C=O) groups is 1. The lowest BCUT2D eigenvalue weighted by atomic mass is 10.1. The number of aromatic nitrogens is 2. The average Bonchev–Trinajstić information content (AvgIpc) is 2.80. The lowest BCUT2D eigenvalue weighted by Crippen LogP contribution is -2.28. The summed E-state index contributed by atoms with van der Waals surface area (Å²) in [5, 5.41) is 18.8. The Morgan fingerprint density at radius 1 is 1.03 bits per heavy atom. The molecule has 4 rings (SSSR count). The van der Waals surface area contributed by atoms with Crippen molar-refractivity contribution < 1.29 is 14.3 Å². The van der Waals surface area contributed by atoms with Crippen LogP contribution in [0.1, 0.15) is 23.0 Å². The molecule has 7 nitrogen and oxygen atoms in total. The zero-order valence-electron chi connectivity index (χ0n) is 16.4. The minimum Gasteiger partial charge on any atom is -0.507 e. The van der Waals surface area contributed by atoms with Crippen molar-refractivity contribution in [3.8, 4) is 11.4 Å². The zero-order chi connectivity index (χ0) is 22.0. The van der Waals surface area contributed by atoms with Crippen LogP contribution in [0, 0.1) is 5.82 Å². The van der Waals surface area contributed by atoms with Crippen LogP contribution in [-0.2, 0) is 0 Å². The van der Waals surface area contributed by atoms with Gasteiger partial charge in [0.1, 0.15) is 11.6 Å². The molecule has 0 aliphatic heterocycles. The van der Waals surface area contributed by atoms with E-state index in [2.05, 4.69) is 15.6 Å². The molecule has 3 aromatic carbocycles. The summed E-state index contributed by atoms with van der Waals surface area (Å²) in [6.45, 7) is 1.52. The second-order valence-corrected chi connectivity index (χ2v) is 6.75. The largest absolute Gasteiger partial charge is 0.507 e. The van der Waals surface area contributed by atoms with Crippen molar-refractivity contribution in [2.45, 2.75) is 6.92 Å². The third-order valence-corrected chi connectivity index (χ3v) is 4.69. The first-order chi connectivity index (χ1) is 15.0. The van der Waals surface area contributed by atoms with Crippen LogP contribution in [0.25, 0.3) is 16.5 Å². The first-order valence-corrected chi connectivity index (χ1v) is 9.36. The molecule has 1 amide bonds. The molecule has 1 heterocycles. The maximum Gasteiger partial charge on any atom is 0.292 e. The molecule has 0 saturated heterocycles. The number of phenols is 1. The maximum absolute atomic E-state index is 13.5.